The maximum Gasteiger partial charge on any atom is 0.227 e. The highest BCUT2D eigenvalue weighted by Gasteiger charge is 2.13. The third-order valence-electron chi connectivity index (χ3n) is 3.17. The zero-order chi connectivity index (χ0) is 14.4. The van der Waals surface area contributed by atoms with Crippen LogP contribution in [0.5, 0.6) is 0 Å². The summed E-state index contributed by atoms with van der Waals surface area (Å²) in [5.74, 6) is 0.127. The molecule has 1 aromatic carbocycles. The molecule has 4 heteroatoms. The number of aromatic nitrogens is 2. The van der Waals surface area contributed by atoms with Crippen LogP contribution in [-0.2, 0) is 11.2 Å². The van der Waals surface area contributed by atoms with E-state index in [2.05, 4.69) is 9.97 Å². The molecule has 0 N–H and O–H groups in total. The molecule has 0 saturated heterocycles. The molecule has 0 aliphatic heterocycles. The summed E-state index contributed by atoms with van der Waals surface area (Å²) >= 11 is 0. The fourth-order valence-electron chi connectivity index (χ4n) is 2.14. The highest BCUT2D eigenvalue weighted by Crippen LogP contribution is 2.17. The molecule has 104 valence electrons. The molecule has 1 aromatic heterocycles. The zero-order valence-corrected chi connectivity index (χ0v) is 11.9. The van der Waals surface area contributed by atoms with Crippen LogP contribution in [-0.4, -0.2) is 22.4 Å². The van der Waals surface area contributed by atoms with Crippen molar-refractivity contribution in [1.29, 1.82) is 0 Å². The molecule has 0 spiro atoms. The van der Waals surface area contributed by atoms with E-state index in [1.807, 2.05) is 43.0 Å². The van der Waals surface area contributed by atoms with E-state index in [0.717, 1.165) is 16.8 Å². The lowest BCUT2D eigenvalue weighted by molar-refractivity contribution is -0.118. The number of hydrogen-bond donors (Lipinski definition) is 0. The summed E-state index contributed by atoms with van der Waals surface area (Å²) in [5, 5.41) is 0. The van der Waals surface area contributed by atoms with Crippen LogP contribution >= 0.6 is 0 Å². The third kappa shape index (κ3) is 3.63. The lowest BCUT2D eigenvalue weighted by Crippen LogP contribution is -2.30. The van der Waals surface area contributed by atoms with Gasteiger partial charge in [-0.15, -0.1) is 0 Å². The SMILES string of the molecule is CCN(C(=O)CCc1cncnc1)c1cccc(C)c1. The minimum atomic E-state index is 0.127. The van der Waals surface area contributed by atoms with Gasteiger partial charge in [0.2, 0.25) is 5.91 Å². The van der Waals surface area contributed by atoms with E-state index in [9.17, 15) is 4.79 Å². The van der Waals surface area contributed by atoms with Crippen molar-refractivity contribution in [3.05, 3.63) is 54.1 Å². The Kier molecular flexibility index (Phi) is 4.82. The minimum Gasteiger partial charge on any atom is -0.313 e. The smallest absolute Gasteiger partial charge is 0.227 e. The summed E-state index contributed by atoms with van der Waals surface area (Å²) in [6, 6.07) is 8.02. The Morgan fingerprint density at radius 2 is 2.00 bits per heavy atom. The first-order chi connectivity index (χ1) is 9.70. The summed E-state index contributed by atoms with van der Waals surface area (Å²) in [7, 11) is 0. The van der Waals surface area contributed by atoms with Crippen LogP contribution in [0.2, 0.25) is 0 Å². The fraction of sp³-hybridized carbons (Fsp3) is 0.312. The standard InChI is InChI=1S/C16H19N3O/c1-3-19(15-6-4-5-13(2)9-15)16(20)8-7-14-10-17-12-18-11-14/h4-6,9-12H,3,7-8H2,1-2H3. The summed E-state index contributed by atoms with van der Waals surface area (Å²) in [6.45, 7) is 4.70. The molecule has 0 atom stereocenters. The number of benzene rings is 1. The molecule has 2 rings (SSSR count). The largest absolute Gasteiger partial charge is 0.313 e. The van der Waals surface area contributed by atoms with Gasteiger partial charge in [0.1, 0.15) is 6.33 Å². The van der Waals surface area contributed by atoms with E-state index in [4.69, 9.17) is 0 Å². The van der Waals surface area contributed by atoms with E-state index in [1.165, 1.54) is 6.33 Å². The molecule has 1 heterocycles. The van der Waals surface area contributed by atoms with Crippen LogP contribution in [0.4, 0.5) is 5.69 Å². The molecule has 2 aromatic rings. The predicted molar refractivity (Wildman–Crippen MR) is 79.6 cm³/mol. The Morgan fingerprint density at radius 3 is 2.65 bits per heavy atom. The van der Waals surface area contributed by atoms with Gasteiger partial charge in [-0.2, -0.15) is 0 Å². The molecule has 0 fully saturated rings. The van der Waals surface area contributed by atoms with Crippen LogP contribution in [0, 0.1) is 6.92 Å². The number of amides is 1. The Hall–Kier alpha value is -2.23. The average molecular weight is 269 g/mol. The second-order valence-corrected chi connectivity index (χ2v) is 4.72. The van der Waals surface area contributed by atoms with Crippen molar-refractivity contribution in [1.82, 2.24) is 9.97 Å². The lowest BCUT2D eigenvalue weighted by atomic mass is 10.1. The summed E-state index contributed by atoms with van der Waals surface area (Å²) in [4.78, 5) is 22.1. The first kappa shape index (κ1) is 14.2. The maximum absolute atomic E-state index is 12.3. The van der Waals surface area contributed by atoms with Crippen molar-refractivity contribution in [2.75, 3.05) is 11.4 Å². The van der Waals surface area contributed by atoms with E-state index < -0.39 is 0 Å². The summed E-state index contributed by atoms with van der Waals surface area (Å²) < 4.78 is 0. The van der Waals surface area contributed by atoms with Gasteiger partial charge in [-0.1, -0.05) is 12.1 Å². The maximum atomic E-state index is 12.3. The van der Waals surface area contributed by atoms with Crippen LogP contribution in [0.1, 0.15) is 24.5 Å². The van der Waals surface area contributed by atoms with Gasteiger partial charge in [-0.25, -0.2) is 9.97 Å². The van der Waals surface area contributed by atoms with E-state index >= 15 is 0 Å². The molecule has 4 nitrogen and oxygen atoms in total. The van der Waals surface area contributed by atoms with Gasteiger partial charge >= 0.3 is 0 Å². The molecule has 1 amide bonds. The van der Waals surface area contributed by atoms with Crippen LogP contribution in [0.15, 0.2) is 43.0 Å². The first-order valence-electron chi connectivity index (χ1n) is 6.81. The molecule has 20 heavy (non-hydrogen) atoms. The quantitative estimate of drug-likeness (QED) is 0.838. The van der Waals surface area contributed by atoms with Gasteiger partial charge < -0.3 is 4.90 Å². The molecule has 0 radical (unpaired) electrons. The second-order valence-electron chi connectivity index (χ2n) is 4.72. The number of hydrogen-bond acceptors (Lipinski definition) is 3. The molecular weight excluding hydrogens is 250 g/mol. The topological polar surface area (TPSA) is 46.1 Å². The Morgan fingerprint density at radius 1 is 1.25 bits per heavy atom. The Bertz CT molecular complexity index is 569. The summed E-state index contributed by atoms with van der Waals surface area (Å²) in [5.41, 5.74) is 3.10. The van der Waals surface area contributed by atoms with Gasteiger partial charge in [0.15, 0.2) is 0 Å². The zero-order valence-electron chi connectivity index (χ0n) is 11.9. The van der Waals surface area contributed by atoms with E-state index in [0.29, 0.717) is 19.4 Å². The number of aryl methyl sites for hydroxylation is 2. The molecule has 0 aliphatic carbocycles. The summed E-state index contributed by atoms with van der Waals surface area (Å²) in [6.07, 6.45) is 6.14. The Balaban J connectivity index is 2.02. The van der Waals surface area contributed by atoms with Crippen molar-refractivity contribution in [3.63, 3.8) is 0 Å². The van der Waals surface area contributed by atoms with Crippen molar-refractivity contribution >= 4 is 11.6 Å². The number of nitrogens with zero attached hydrogens (tertiary/aromatic N) is 3. The van der Waals surface area contributed by atoms with Crippen LogP contribution in [0.3, 0.4) is 0 Å². The fourth-order valence-corrected chi connectivity index (χ4v) is 2.14. The van der Waals surface area contributed by atoms with Gasteiger partial charge in [0.05, 0.1) is 0 Å². The van der Waals surface area contributed by atoms with Gasteiger partial charge in [0, 0.05) is 31.0 Å². The normalized spacial score (nSPS) is 10.3. The Labute approximate surface area is 119 Å². The predicted octanol–water partition coefficient (Wildman–Crippen LogP) is 2.77. The van der Waals surface area contributed by atoms with Crippen LogP contribution in [0.25, 0.3) is 0 Å². The monoisotopic (exact) mass is 269 g/mol. The highest BCUT2D eigenvalue weighted by molar-refractivity contribution is 5.93. The second kappa shape index (κ2) is 6.80. The minimum absolute atomic E-state index is 0.127. The third-order valence-corrected chi connectivity index (χ3v) is 3.17. The van der Waals surface area contributed by atoms with Gasteiger partial charge in [-0.05, 0) is 43.5 Å². The van der Waals surface area contributed by atoms with Gasteiger partial charge in [0.25, 0.3) is 0 Å². The average Bonchev–Trinajstić information content (AvgIpc) is 2.47. The van der Waals surface area contributed by atoms with Crippen molar-refractivity contribution in [2.24, 2.45) is 0 Å². The molecule has 0 unspecified atom stereocenters. The molecule has 0 bridgehead atoms. The molecular formula is C16H19N3O. The van der Waals surface area contributed by atoms with E-state index in [-0.39, 0.29) is 5.91 Å². The molecule has 0 aliphatic rings. The highest BCUT2D eigenvalue weighted by atomic mass is 16.2. The van der Waals surface area contributed by atoms with Crippen LogP contribution < -0.4 is 4.90 Å². The van der Waals surface area contributed by atoms with Crippen molar-refractivity contribution in [2.45, 2.75) is 26.7 Å². The van der Waals surface area contributed by atoms with Crippen molar-refractivity contribution < 1.29 is 4.79 Å². The number of carbonyl (C=O) groups excluding carboxylic acids is 1. The molecule has 0 saturated carbocycles. The number of anilines is 1. The van der Waals surface area contributed by atoms with Crippen molar-refractivity contribution in [3.8, 4) is 0 Å². The lowest BCUT2D eigenvalue weighted by Gasteiger charge is -2.21. The first-order valence-corrected chi connectivity index (χ1v) is 6.81. The number of carbonyl (C=O) groups is 1. The number of rotatable bonds is 5. The van der Waals surface area contributed by atoms with E-state index in [1.54, 1.807) is 12.4 Å². The van der Waals surface area contributed by atoms with Gasteiger partial charge in [-0.3, -0.25) is 4.79 Å².